The summed E-state index contributed by atoms with van der Waals surface area (Å²) >= 11 is 1.98. The van der Waals surface area contributed by atoms with Gasteiger partial charge in [-0.1, -0.05) is 0 Å². The number of hydrogen-bond donors (Lipinski definition) is 2. The van der Waals surface area contributed by atoms with Crippen molar-refractivity contribution in [2.75, 3.05) is 29.7 Å². The Balaban J connectivity index is 2.23. The SMILES string of the molecule is CSC1CCCN(c2nc(C)nc(NN)c2C)CC1. The lowest BCUT2D eigenvalue weighted by molar-refractivity contribution is 0.745. The van der Waals surface area contributed by atoms with E-state index >= 15 is 0 Å². The number of nitrogens with one attached hydrogen (secondary N) is 1. The first-order valence-corrected chi connectivity index (χ1v) is 8.04. The minimum atomic E-state index is 0.730. The van der Waals surface area contributed by atoms with Crippen molar-refractivity contribution in [3.05, 3.63) is 11.4 Å². The zero-order valence-corrected chi connectivity index (χ0v) is 12.8. The zero-order valence-electron chi connectivity index (χ0n) is 11.9. The standard InChI is InChI=1S/C13H23N5S/c1-9-12(17-14)15-10(2)16-13(9)18-7-4-5-11(19-3)6-8-18/h11H,4-8,14H2,1-3H3,(H,15,16,17). The Morgan fingerprint density at radius 1 is 1.26 bits per heavy atom. The summed E-state index contributed by atoms with van der Waals surface area (Å²) in [5.41, 5.74) is 3.71. The number of hydrazine groups is 1. The van der Waals surface area contributed by atoms with Crippen LogP contribution in [0.15, 0.2) is 0 Å². The minimum absolute atomic E-state index is 0.730. The van der Waals surface area contributed by atoms with E-state index in [4.69, 9.17) is 5.84 Å². The predicted molar refractivity (Wildman–Crippen MR) is 82.7 cm³/mol. The van der Waals surface area contributed by atoms with E-state index in [2.05, 4.69) is 26.5 Å². The van der Waals surface area contributed by atoms with Crippen LogP contribution >= 0.6 is 11.8 Å². The first kappa shape index (κ1) is 14.4. The summed E-state index contributed by atoms with van der Waals surface area (Å²) in [4.78, 5) is 11.3. The van der Waals surface area contributed by atoms with Crippen LogP contribution in [0.25, 0.3) is 0 Å². The van der Waals surface area contributed by atoms with Crippen LogP contribution in [-0.4, -0.2) is 34.6 Å². The maximum atomic E-state index is 5.53. The van der Waals surface area contributed by atoms with E-state index < -0.39 is 0 Å². The molecule has 6 heteroatoms. The molecule has 0 saturated carbocycles. The van der Waals surface area contributed by atoms with Gasteiger partial charge in [0, 0.05) is 23.9 Å². The second-order valence-corrected chi connectivity index (χ2v) is 6.13. The van der Waals surface area contributed by atoms with Crippen LogP contribution < -0.4 is 16.2 Å². The van der Waals surface area contributed by atoms with Crippen LogP contribution in [0.1, 0.15) is 30.7 Å². The topological polar surface area (TPSA) is 67.1 Å². The molecule has 1 unspecified atom stereocenters. The normalized spacial score (nSPS) is 20.2. The molecule has 1 aliphatic heterocycles. The summed E-state index contributed by atoms with van der Waals surface area (Å²) in [6.45, 7) is 6.07. The number of aryl methyl sites for hydroxylation is 1. The van der Waals surface area contributed by atoms with Gasteiger partial charge in [-0.2, -0.15) is 11.8 Å². The van der Waals surface area contributed by atoms with Crippen LogP contribution in [0.5, 0.6) is 0 Å². The van der Waals surface area contributed by atoms with E-state index in [0.717, 1.165) is 41.4 Å². The molecule has 2 heterocycles. The zero-order chi connectivity index (χ0) is 13.8. The summed E-state index contributed by atoms with van der Waals surface area (Å²) in [6, 6.07) is 0. The molecule has 0 amide bonds. The average molecular weight is 281 g/mol. The van der Waals surface area contributed by atoms with Crippen LogP contribution in [-0.2, 0) is 0 Å². The van der Waals surface area contributed by atoms with E-state index in [1.165, 1.54) is 19.3 Å². The third-order valence-corrected chi connectivity index (χ3v) is 4.81. The molecule has 0 bridgehead atoms. The van der Waals surface area contributed by atoms with E-state index in [-0.39, 0.29) is 0 Å². The maximum absolute atomic E-state index is 5.53. The molecular formula is C13H23N5S. The number of aromatic nitrogens is 2. The van der Waals surface area contributed by atoms with Crippen molar-refractivity contribution < 1.29 is 0 Å². The minimum Gasteiger partial charge on any atom is -0.356 e. The summed E-state index contributed by atoms with van der Waals surface area (Å²) in [5, 5.41) is 0.778. The Kier molecular flexibility index (Phi) is 4.87. The van der Waals surface area contributed by atoms with Crippen molar-refractivity contribution in [1.29, 1.82) is 0 Å². The van der Waals surface area contributed by atoms with Gasteiger partial charge in [0.05, 0.1) is 0 Å². The van der Waals surface area contributed by atoms with Gasteiger partial charge in [-0.25, -0.2) is 15.8 Å². The lowest BCUT2D eigenvalue weighted by Gasteiger charge is -2.24. The third-order valence-electron chi connectivity index (χ3n) is 3.68. The summed E-state index contributed by atoms with van der Waals surface area (Å²) in [5.74, 6) is 8.05. The fraction of sp³-hybridized carbons (Fsp3) is 0.692. The molecule has 1 atom stereocenters. The number of rotatable bonds is 3. The van der Waals surface area contributed by atoms with E-state index in [9.17, 15) is 0 Å². The second kappa shape index (κ2) is 6.43. The predicted octanol–water partition coefficient (Wildman–Crippen LogP) is 2.10. The molecule has 3 N–H and O–H groups in total. The molecule has 2 rings (SSSR count). The first-order chi connectivity index (χ1) is 9.15. The van der Waals surface area contributed by atoms with Gasteiger partial charge in [-0.05, 0) is 39.4 Å². The molecule has 5 nitrogen and oxygen atoms in total. The van der Waals surface area contributed by atoms with Crippen LogP contribution in [0.2, 0.25) is 0 Å². The van der Waals surface area contributed by atoms with Crippen molar-refractivity contribution in [3.8, 4) is 0 Å². The van der Waals surface area contributed by atoms with E-state index in [0.29, 0.717) is 0 Å². The Hall–Kier alpha value is -1.01. The van der Waals surface area contributed by atoms with Crippen LogP contribution in [0.3, 0.4) is 0 Å². The monoisotopic (exact) mass is 281 g/mol. The van der Waals surface area contributed by atoms with Gasteiger partial charge in [-0.15, -0.1) is 0 Å². The summed E-state index contributed by atoms with van der Waals surface area (Å²) < 4.78 is 0. The molecule has 1 aromatic heterocycles. The summed E-state index contributed by atoms with van der Waals surface area (Å²) in [7, 11) is 0. The largest absolute Gasteiger partial charge is 0.356 e. The van der Waals surface area contributed by atoms with E-state index in [1.54, 1.807) is 0 Å². The van der Waals surface area contributed by atoms with Gasteiger partial charge >= 0.3 is 0 Å². The Labute approximate surface area is 119 Å². The van der Waals surface area contributed by atoms with Crippen molar-refractivity contribution in [2.24, 2.45) is 5.84 Å². The van der Waals surface area contributed by atoms with Crippen LogP contribution in [0.4, 0.5) is 11.6 Å². The Morgan fingerprint density at radius 3 is 2.74 bits per heavy atom. The molecule has 1 saturated heterocycles. The fourth-order valence-electron chi connectivity index (χ4n) is 2.58. The smallest absolute Gasteiger partial charge is 0.148 e. The first-order valence-electron chi connectivity index (χ1n) is 6.75. The van der Waals surface area contributed by atoms with Crippen molar-refractivity contribution in [2.45, 2.75) is 38.4 Å². The molecule has 0 aliphatic carbocycles. The number of anilines is 2. The Morgan fingerprint density at radius 2 is 2.05 bits per heavy atom. The van der Waals surface area contributed by atoms with Crippen molar-refractivity contribution in [1.82, 2.24) is 9.97 Å². The molecule has 0 spiro atoms. The van der Waals surface area contributed by atoms with E-state index in [1.807, 2.05) is 25.6 Å². The lowest BCUT2D eigenvalue weighted by Crippen LogP contribution is -2.27. The van der Waals surface area contributed by atoms with Crippen molar-refractivity contribution >= 4 is 23.4 Å². The lowest BCUT2D eigenvalue weighted by atomic mass is 10.2. The molecule has 1 aliphatic rings. The number of hydrogen-bond acceptors (Lipinski definition) is 6. The molecular weight excluding hydrogens is 258 g/mol. The highest BCUT2D eigenvalue weighted by atomic mass is 32.2. The fourth-order valence-corrected chi connectivity index (χ4v) is 3.32. The maximum Gasteiger partial charge on any atom is 0.148 e. The highest BCUT2D eigenvalue weighted by Crippen LogP contribution is 2.27. The highest BCUT2D eigenvalue weighted by Gasteiger charge is 2.20. The summed E-state index contributed by atoms with van der Waals surface area (Å²) in [6.07, 6.45) is 5.94. The number of nitrogen functional groups attached to an aromatic ring is 1. The van der Waals surface area contributed by atoms with Gasteiger partial charge in [0.1, 0.15) is 17.5 Å². The van der Waals surface area contributed by atoms with Gasteiger partial charge in [0.2, 0.25) is 0 Å². The molecule has 19 heavy (non-hydrogen) atoms. The average Bonchev–Trinajstić information content (AvgIpc) is 2.66. The van der Waals surface area contributed by atoms with Crippen LogP contribution in [0, 0.1) is 13.8 Å². The highest BCUT2D eigenvalue weighted by molar-refractivity contribution is 7.99. The molecule has 106 valence electrons. The number of thioether (sulfide) groups is 1. The molecule has 1 fully saturated rings. The molecule has 1 aromatic rings. The van der Waals surface area contributed by atoms with Gasteiger partial charge < -0.3 is 10.3 Å². The number of nitrogens with zero attached hydrogens (tertiary/aromatic N) is 3. The molecule has 0 radical (unpaired) electrons. The quantitative estimate of drug-likeness (QED) is 0.653. The Bertz CT molecular complexity index is 437. The van der Waals surface area contributed by atoms with Gasteiger partial charge in [0.25, 0.3) is 0 Å². The number of nitrogens with two attached hydrogens (primary N) is 1. The third kappa shape index (κ3) is 3.30. The van der Waals surface area contributed by atoms with Gasteiger partial charge in [0.15, 0.2) is 0 Å². The molecule has 0 aromatic carbocycles. The van der Waals surface area contributed by atoms with Crippen molar-refractivity contribution in [3.63, 3.8) is 0 Å². The second-order valence-electron chi connectivity index (χ2n) is 4.99. The van der Waals surface area contributed by atoms with Gasteiger partial charge in [-0.3, -0.25) is 0 Å².